The van der Waals surface area contributed by atoms with E-state index in [-0.39, 0.29) is 0 Å². The van der Waals surface area contributed by atoms with Gasteiger partial charge in [-0.15, -0.1) is 0 Å². The molecule has 2 heterocycles. The van der Waals surface area contributed by atoms with Crippen LogP contribution in [0, 0.1) is 6.92 Å². The quantitative estimate of drug-likeness (QED) is 0.926. The van der Waals surface area contributed by atoms with Crippen molar-refractivity contribution in [1.82, 2.24) is 10.3 Å². The predicted octanol–water partition coefficient (Wildman–Crippen LogP) is 3.12. The number of rotatable bonds is 4. The minimum absolute atomic E-state index is 0.605. The van der Waals surface area contributed by atoms with Gasteiger partial charge < -0.3 is 10.2 Å². The lowest BCUT2D eigenvalue weighted by atomic mass is 10.0. The molecule has 1 aliphatic rings. The van der Waals surface area contributed by atoms with Gasteiger partial charge in [0.05, 0.1) is 4.47 Å². The van der Waals surface area contributed by atoms with Crippen molar-refractivity contribution in [3.8, 4) is 0 Å². The number of nitrogens with one attached hydrogen (secondary N) is 1. The van der Waals surface area contributed by atoms with Crippen LogP contribution in [0.1, 0.15) is 31.7 Å². The third-order valence-electron chi connectivity index (χ3n) is 3.60. The van der Waals surface area contributed by atoms with Crippen LogP contribution in [0.5, 0.6) is 0 Å². The smallest absolute Gasteiger partial charge is 0.143 e. The summed E-state index contributed by atoms with van der Waals surface area (Å²) < 4.78 is 1.13. The Labute approximate surface area is 118 Å². The van der Waals surface area contributed by atoms with Gasteiger partial charge in [0.15, 0.2) is 0 Å². The summed E-state index contributed by atoms with van der Waals surface area (Å²) in [6, 6.07) is 2.65. The Morgan fingerprint density at radius 2 is 2.33 bits per heavy atom. The highest BCUT2D eigenvalue weighted by Gasteiger charge is 2.18. The molecule has 1 saturated heterocycles. The highest BCUT2D eigenvalue weighted by molar-refractivity contribution is 9.10. The summed E-state index contributed by atoms with van der Waals surface area (Å²) in [5.41, 5.74) is 1.25. The Bertz CT molecular complexity index is 389. The average Bonchev–Trinajstić information content (AvgIpc) is 2.41. The zero-order valence-electron chi connectivity index (χ0n) is 11.2. The minimum Gasteiger partial charge on any atom is -0.354 e. The Morgan fingerprint density at radius 3 is 3.00 bits per heavy atom. The number of piperidine rings is 1. The monoisotopic (exact) mass is 311 g/mol. The zero-order chi connectivity index (χ0) is 13.0. The molecular weight excluding hydrogens is 290 g/mol. The molecule has 0 bridgehead atoms. The molecule has 2 rings (SSSR count). The van der Waals surface area contributed by atoms with E-state index in [0.717, 1.165) is 29.9 Å². The van der Waals surface area contributed by atoms with Crippen molar-refractivity contribution in [2.45, 2.75) is 39.2 Å². The number of hydrogen-bond donors (Lipinski definition) is 1. The first-order valence-electron chi connectivity index (χ1n) is 6.81. The van der Waals surface area contributed by atoms with Crippen molar-refractivity contribution >= 4 is 21.7 Å². The number of aryl methyl sites for hydroxylation is 1. The number of pyridine rings is 1. The molecule has 0 amide bonds. The van der Waals surface area contributed by atoms with Crippen molar-refractivity contribution in [2.75, 3.05) is 24.5 Å². The molecule has 1 aromatic heterocycles. The number of aromatic nitrogens is 1. The molecule has 0 aliphatic carbocycles. The molecule has 1 N–H and O–H groups in total. The van der Waals surface area contributed by atoms with Gasteiger partial charge in [0, 0.05) is 25.3 Å². The fraction of sp³-hybridized carbons (Fsp3) is 0.643. The average molecular weight is 312 g/mol. The molecule has 0 radical (unpaired) electrons. The van der Waals surface area contributed by atoms with Gasteiger partial charge in [-0.1, -0.05) is 6.42 Å². The van der Waals surface area contributed by atoms with Gasteiger partial charge in [0.1, 0.15) is 5.82 Å². The first kappa shape index (κ1) is 13.8. The second kappa shape index (κ2) is 6.53. The normalized spacial score (nSPS) is 19.8. The Morgan fingerprint density at radius 1 is 1.50 bits per heavy atom. The van der Waals surface area contributed by atoms with Crippen molar-refractivity contribution in [3.63, 3.8) is 0 Å². The van der Waals surface area contributed by atoms with Crippen molar-refractivity contribution in [3.05, 3.63) is 22.3 Å². The molecule has 1 aromatic rings. The van der Waals surface area contributed by atoms with E-state index in [1.54, 1.807) is 0 Å². The van der Waals surface area contributed by atoms with Gasteiger partial charge in [-0.2, -0.15) is 0 Å². The summed E-state index contributed by atoms with van der Waals surface area (Å²) in [5, 5.41) is 3.60. The standard InChI is InChI=1S/C14H22BrN3/c1-3-18(10-12-6-4-5-8-16-12)14-13(15)11(2)7-9-17-14/h7,9,12,16H,3-6,8,10H2,1-2H3. The summed E-state index contributed by atoms with van der Waals surface area (Å²) in [4.78, 5) is 6.89. The Hall–Kier alpha value is -0.610. The van der Waals surface area contributed by atoms with Gasteiger partial charge in [0.25, 0.3) is 0 Å². The molecule has 1 unspecified atom stereocenters. The zero-order valence-corrected chi connectivity index (χ0v) is 12.8. The fourth-order valence-electron chi connectivity index (χ4n) is 2.46. The van der Waals surface area contributed by atoms with Crippen LogP contribution in [0.25, 0.3) is 0 Å². The van der Waals surface area contributed by atoms with E-state index in [0.29, 0.717) is 6.04 Å². The summed E-state index contributed by atoms with van der Waals surface area (Å²) in [6.07, 6.45) is 5.83. The van der Waals surface area contributed by atoms with Crippen LogP contribution in [0.2, 0.25) is 0 Å². The maximum atomic E-state index is 4.53. The molecule has 4 heteroatoms. The molecule has 1 atom stereocenters. The van der Waals surface area contributed by atoms with Gasteiger partial charge >= 0.3 is 0 Å². The summed E-state index contributed by atoms with van der Waals surface area (Å²) in [5.74, 6) is 1.07. The van der Waals surface area contributed by atoms with Gasteiger partial charge in [-0.3, -0.25) is 0 Å². The van der Waals surface area contributed by atoms with E-state index in [9.17, 15) is 0 Å². The summed E-state index contributed by atoms with van der Waals surface area (Å²) in [6.45, 7) is 7.50. The lowest BCUT2D eigenvalue weighted by Gasteiger charge is -2.31. The van der Waals surface area contributed by atoms with E-state index in [2.05, 4.69) is 45.0 Å². The second-order valence-corrected chi connectivity index (χ2v) is 5.74. The van der Waals surface area contributed by atoms with E-state index < -0.39 is 0 Å². The van der Waals surface area contributed by atoms with Crippen LogP contribution in [-0.4, -0.2) is 30.7 Å². The molecule has 1 fully saturated rings. The first-order chi connectivity index (χ1) is 8.72. The lowest BCUT2D eigenvalue weighted by molar-refractivity contribution is 0.399. The van der Waals surface area contributed by atoms with E-state index >= 15 is 0 Å². The number of halogens is 1. The Kier molecular flexibility index (Phi) is 5.01. The molecule has 1 aliphatic heterocycles. The maximum absolute atomic E-state index is 4.53. The molecule has 3 nitrogen and oxygen atoms in total. The number of hydrogen-bond acceptors (Lipinski definition) is 3. The third-order valence-corrected chi connectivity index (χ3v) is 4.58. The van der Waals surface area contributed by atoms with E-state index in [4.69, 9.17) is 0 Å². The van der Waals surface area contributed by atoms with E-state index in [1.165, 1.54) is 24.8 Å². The molecule has 0 saturated carbocycles. The van der Waals surface area contributed by atoms with Crippen LogP contribution in [-0.2, 0) is 0 Å². The van der Waals surface area contributed by atoms with Crippen LogP contribution in [0.3, 0.4) is 0 Å². The van der Waals surface area contributed by atoms with Gasteiger partial charge in [-0.05, 0) is 60.8 Å². The summed E-state index contributed by atoms with van der Waals surface area (Å²) >= 11 is 3.66. The number of likely N-dealkylation sites (N-methyl/N-ethyl adjacent to an activating group) is 1. The topological polar surface area (TPSA) is 28.2 Å². The largest absolute Gasteiger partial charge is 0.354 e. The highest BCUT2D eigenvalue weighted by atomic mass is 79.9. The van der Waals surface area contributed by atoms with Crippen LogP contribution >= 0.6 is 15.9 Å². The summed E-state index contributed by atoms with van der Waals surface area (Å²) in [7, 11) is 0. The van der Waals surface area contributed by atoms with Crippen molar-refractivity contribution in [1.29, 1.82) is 0 Å². The molecule has 18 heavy (non-hydrogen) atoms. The van der Waals surface area contributed by atoms with Gasteiger partial charge in [0.2, 0.25) is 0 Å². The highest BCUT2D eigenvalue weighted by Crippen LogP contribution is 2.27. The van der Waals surface area contributed by atoms with Crippen LogP contribution < -0.4 is 10.2 Å². The van der Waals surface area contributed by atoms with Gasteiger partial charge in [-0.25, -0.2) is 4.98 Å². The molecule has 0 aromatic carbocycles. The molecule has 0 spiro atoms. The second-order valence-electron chi connectivity index (χ2n) is 4.95. The number of nitrogens with zero attached hydrogens (tertiary/aromatic N) is 2. The first-order valence-corrected chi connectivity index (χ1v) is 7.61. The molecular formula is C14H22BrN3. The van der Waals surface area contributed by atoms with Crippen molar-refractivity contribution in [2.24, 2.45) is 0 Å². The predicted molar refractivity (Wildman–Crippen MR) is 80.2 cm³/mol. The van der Waals surface area contributed by atoms with Crippen LogP contribution in [0.4, 0.5) is 5.82 Å². The van der Waals surface area contributed by atoms with Crippen molar-refractivity contribution < 1.29 is 0 Å². The minimum atomic E-state index is 0.605. The molecule has 100 valence electrons. The van der Waals surface area contributed by atoms with Crippen LogP contribution in [0.15, 0.2) is 16.7 Å². The SMILES string of the molecule is CCN(CC1CCCCN1)c1nccc(C)c1Br. The van der Waals surface area contributed by atoms with E-state index in [1.807, 2.05) is 12.3 Å². The lowest BCUT2D eigenvalue weighted by Crippen LogP contribution is -2.44. The Balaban J connectivity index is 2.09. The third kappa shape index (κ3) is 3.23. The maximum Gasteiger partial charge on any atom is 0.143 e. The fourth-order valence-corrected chi connectivity index (χ4v) is 2.94. The number of anilines is 1.